The Balaban J connectivity index is 2.33. The Morgan fingerprint density at radius 1 is 1.21 bits per heavy atom. The maximum absolute atomic E-state index is 13.0. The molecule has 19 heavy (non-hydrogen) atoms. The van der Waals surface area contributed by atoms with Crippen molar-refractivity contribution in [1.82, 2.24) is 4.90 Å². The van der Waals surface area contributed by atoms with Crippen LogP contribution in [0.2, 0.25) is 0 Å². The molecule has 1 saturated carbocycles. The predicted molar refractivity (Wildman–Crippen MR) is 79.7 cm³/mol. The Hall–Kier alpha value is -1.15. The molecular weight excluding hydrogens is 234 g/mol. The summed E-state index contributed by atoms with van der Waals surface area (Å²) in [7, 11) is 4.10. The molecule has 0 heterocycles. The molecule has 0 amide bonds. The minimum absolute atomic E-state index is 0.273. The molecule has 104 valence electrons. The van der Waals surface area contributed by atoms with Crippen molar-refractivity contribution in [2.45, 2.75) is 51.0 Å². The topological polar surface area (TPSA) is 20.3 Å². The van der Waals surface area contributed by atoms with E-state index in [9.17, 15) is 4.79 Å². The molecule has 0 atom stereocenters. The Bertz CT molecular complexity index is 444. The second kappa shape index (κ2) is 5.87. The van der Waals surface area contributed by atoms with Crippen LogP contribution in [0.15, 0.2) is 24.3 Å². The summed E-state index contributed by atoms with van der Waals surface area (Å²) in [6, 6.07) is 8.15. The normalized spacial score (nSPS) is 18.5. The molecule has 2 nitrogen and oxygen atoms in total. The summed E-state index contributed by atoms with van der Waals surface area (Å²) in [6.45, 7) is 2.13. The molecule has 0 bridgehead atoms. The molecule has 1 aliphatic rings. The van der Waals surface area contributed by atoms with Crippen molar-refractivity contribution in [2.75, 3.05) is 14.1 Å². The zero-order chi connectivity index (χ0) is 13.9. The van der Waals surface area contributed by atoms with Crippen LogP contribution in [0.3, 0.4) is 0 Å². The fraction of sp³-hybridized carbons (Fsp3) is 0.588. The maximum Gasteiger partial charge on any atom is 0.183 e. The van der Waals surface area contributed by atoms with Gasteiger partial charge in [0.25, 0.3) is 0 Å². The van der Waals surface area contributed by atoms with Gasteiger partial charge in [-0.15, -0.1) is 0 Å². The Morgan fingerprint density at radius 3 is 2.47 bits per heavy atom. The molecule has 0 radical (unpaired) electrons. The first-order valence-corrected chi connectivity index (χ1v) is 7.41. The average Bonchev–Trinajstić information content (AvgIpc) is 2.47. The smallest absolute Gasteiger partial charge is 0.183 e. The molecule has 2 heteroatoms. The fourth-order valence-electron chi connectivity index (χ4n) is 3.22. The lowest BCUT2D eigenvalue weighted by Crippen LogP contribution is -2.52. The van der Waals surface area contributed by atoms with Crippen molar-refractivity contribution >= 4 is 5.78 Å². The number of aryl methyl sites for hydroxylation is 1. The van der Waals surface area contributed by atoms with Gasteiger partial charge in [0.2, 0.25) is 0 Å². The van der Waals surface area contributed by atoms with Gasteiger partial charge < -0.3 is 0 Å². The zero-order valence-corrected chi connectivity index (χ0v) is 12.4. The van der Waals surface area contributed by atoms with Crippen LogP contribution < -0.4 is 0 Å². The lowest BCUT2D eigenvalue weighted by atomic mass is 9.75. The number of Topliss-reactive ketones (excluding diaryl/α,β-unsaturated/α-hetero) is 1. The van der Waals surface area contributed by atoms with E-state index in [0.29, 0.717) is 5.78 Å². The van der Waals surface area contributed by atoms with Gasteiger partial charge >= 0.3 is 0 Å². The van der Waals surface area contributed by atoms with Crippen molar-refractivity contribution in [2.24, 2.45) is 0 Å². The number of carbonyl (C=O) groups is 1. The predicted octanol–water partition coefficient (Wildman–Crippen LogP) is 3.70. The quantitative estimate of drug-likeness (QED) is 0.768. The number of hydrogen-bond donors (Lipinski definition) is 0. The summed E-state index contributed by atoms with van der Waals surface area (Å²) in [5.41, 5.74) is 1.86. The molecule has 0 spiro atoms. The fourth-order valence-corrected chi connectivity index (χ4v) is 3.22. The number of nitrogens with zero attached hydrogens (tertiary/aromatic N) is 1. The van der Waals surface area contributed by atoms with Gasteiger partial charge in [-0.2, -0.15) is 0 Å². The van der Waals surface area contributed by atoms with Crippen molar-refractivity contribution in [3.05, 3.63) is 35.4 Å². The van der Waals surface area contributed by atoms with E-state index < -0.39 is 0 Å². The van der Waals surface area contributed by atoms with E-state index in [1.54, 1.807) is 0 Å². The van der Waals surface area contributed by atoms with E-state index in [1.807, 2.05) is 26.2 Å². The molecule has 1 aromatic rings. The molecule has 1 aliphatic carbocycles. The highest BCUT2D eigenvalue weighted by Crippen LogP contribution is 2.35. The first-order chi connectivity index (χ1) is 9.10. The van der Waals surface area contributed by atoms with Gasteiger partial charge in [-0.25, -0.2) is 0 Å². The number of benzene rings is 1. The van der Waals surface area contributed by atoms with Gasteiger partial charge in [-0.1, -0.05) is 44.4 Å². The van der Waals surface area contributed by atoms with Gasteiger partial charge in [0, 0.05) is 5.56 Å². The van der Waals surface area contributed by atoms with Crippen LogP contribution in [0.5, 0.6) is 0 Å². The van der Waals surface area contributed by atoms with E-state index in [4.69, 9.17) is 0 Å². The Kier molecular flexibility index (Phi) is 4.41. The van der Waals surface area contributed by atoms with Crippen LogP contribution in [0, 0.1) is 0 Å². The molecule has 2 rings (SSSR count). The monoisotopic (exact) mass is 259 g/mol. The minimum Gasteiger partial charge on any atom is -0.297 e. The van der Waals surface area contributed by atoms with E-state index in [2.05, 4.69) is 24.0 Å². The molecule has 0 N–H and O–H groups in total. The zero-order valence-electron chi connectivity index (χ0n) is 12.4. The first kappa shape index (κ1) is 14.3. The van der Waals surface area contributed by atoms with Crippen LogP contribution in [-0.2, 0) is 6.42 Å². The van der Waals surface area contributed by atoms with Gasteiger partial charge in [-0.3, -0.25) is 9.69 Å². The second-order valence-corrected chi connectivity index (χ2v) is 5.87. The molecule has 0 aliphatic heterocycles. The van der Waals surface area contributed by atoms with E-state index >= 15 is 0 Å². The summed E-state index contributed by atoms with van der Waals surface area (Å²) in [4.78, 5) is 15.1. The van der Waals surface area contributed by atoms with Crippen molar-refractivity contribution < 1.29 is 4.79 Å². The molecule has 1 fully saturated rings. The lowest BCUT2D eigenvalue weighted by Gasteiger charge is -2.41. The van der Waals surface area contributed by atoms with Crippen LogP contribution in [-0.4, -0.2) is 30.3 Å². The maximum atomic E-state index is 13.0. The van der Waals surface area contributed by atoms with Crippen LogP contribution >= 0.6 is 0 Å². The number of rotatable bonds is 4. The highest BCUT2D eigenvalue weighted by Gasteiger charge is 2.41. The summed E-state index contributed by atoms with van der Waals surface area (Å²) < 4.78 is 0. The highest BCUT2D eigenvalue weighted by molar-refractivity contribution is 6.03. The molecule has 1 aromatic carbocycles. The van der Waals surface area contributed by atoms with Gasteiger partial charge in [0.05, 0.1) is 5.54 Å². The summed E-state index contributed by atoms with van der Waals surface area (Å²) in [6.07, 6.45) is 6.56. The summed E-state index contributed by atoms with van der Waals surface area (Å²) in [5, 5.41) is 0. The summed E-state index contributed by atoms with van der Waals surface area (Å²) in [5.74, 6) is 0.313. The first-order valence-electron chi connectivity index (χ1n) is 7.41. The third-order valence-electron chi connectivity index (χ3n) is 4.56. The number of hydrogen-bond acceptors (Lipinski definition) is 2. The average molecular weight is 259 g/mol. The third-order valence-corrected chi connectivity index (χ3v) is 4.56. The highest BCUT2D eigenvalue weighted by atomic mass is 16.1. The molecule has 0 unspecified atom stereocenters. The minimum atomic E-state index is -0.273. The second-order valence-electron chi connectivity index (χ2n) is 5.87. The van der Waals surface area contributed by atoms with E-state index in [-0.39, 0.29) is 5.54 Å². The van der Waals surface area contributed by atoms with Crippen molar-refractivity contribution in [3.63, 3.8) is 0 Å². The van der Waals surface area contributed by atoms with Crippen LogP contribution in [0.25, 0.3) is 0 Å². The Labute approximate surface area is 116 Å². The van der Waals surface area contributed by atoms with E-state index in [1.165, 1.54) is 12.0 Å². The Morgan fingerprint density at radius 2 is 1.89 bits per heavy atom. The van der Waals surface area contributed by atoms with Crippen molar-refractivity contribution in [3.8, 4) is 0 Å². The molecule has 0 saturated heterocycles. The largest absolute Gasteiger partial charge is 0.297 e. The summed E-state index contributed by atoms with van der Waals surface area (Å²) >= 11 is 0. The van der Waals surface area contributed by atoms with Crippen LogP contribution in [0.1, 0.15) is 54.9 Å². The van der Waals surface area contributed by atoms with Gasteiger partial charge in [-0.05, 0) is 45.0 Å². The molecule has 0 aromatic heterocycles. The third kappa shape index (κ3) is 2.74. The van der Waals surface area contributed by atoms with Gasteiger partial charge in [0.15, 0.2) is 5.78 Å². The SMILES string of the molecule is CCc1cccc(C(=O)C2(N(C)C)CCCCC2)c1. The van der Waals surface area contributed by atoms with Gasteiger partial charge in [0.1, 0.15) is 0 Å². The van der Waals surface area contributed by atoms with Crippen LogP contribution in [0.4, 0.5) is 0 Å². The van der Waals surface area contributed by atoms with Crippen molar-refractivity contribution in [1.29, 1.82) is 0 Å². The number of ketones is 1. The van der Waals surface area contributed by atoms with E-state index in [0.717, 1.165) is 37.7 Å². The molecular formula is C17H25NO. The number of carbonyl (C=O) groups excluding carboxylic acids is 1. The number of likely N-dealkylation sites (N-methyl/N-ethyl adjacent to an activating group) is 1. The standard InChI is InChI=1S/C17H25NO/c1-4-14-9-8-10-15(13-14)16(19)17(18(2)3)11-6-5-7-12-17/h8-10,13H,4-7,11-12H2,1-3H3. The lowest BCUT2D eigenvalue weighted by molar-refractivity contribution is 0.0564.